The van der Waals surface area contributed by atoms with Crippen LogP contribution in [0, 0.1) is 35.4 Å². The van der Waals surface area contributed by atoms with Crippen LogP contribution >= 0.6 is 0 Å². The van der Waals surface area contributed by atoms with Crippen molar-refractivity contribution >= 4 is 5.69 Å². The van der Waals surface area contributed by atoms with E-state index in [1.54, 1.807) is 6.07 Å². The van der Waals surface area contributed by atoms with Gasteiger partial charge < -0.3 is 14.8 Å². The summed E-state index contributed by atoms with van der Waals surface area (Å²) in [6.07, 6.45) is 4.87. The number of hydrogen-bond donors (Lipinski definition) is 1. The Bertz CT molecular complexity index is 609. The lowest BCUT2D eigenvalue weighted by atomic mass is 9.61. The zero-order valence-corrected chi connectivity index (χ0v) is 15.5. The number of hydrogen-bond acceptors (Lipinski definition) is 3. The lowest BCUT2D eigenvalue weighted by Gasteiger charge is -2.52. The van der Waals surface area contributed by atoms with Crippen molar-refractivity contribution in [2.24, 2.45) is 29.6 Å². The van der Waals surface area contributed by atoms with Crippen molar-refractivity contribution in [3.05, 3.63) is 30.1 Å². The van der Waals surface area contributed by atoms with Crippen molar-refractivity contribution in [2.45, 2.75) is 65.1 Å². The highest BCUT2D eigenvalue weighted by Gasteiger charge is 2.52. The maximum atomic E-state index is 13.5. The number of halogens is 1. The first-order valence-electron chi connectivity index (χ1n) is 9.86. The van der Waals surface area contributed by atoms with Gasteiger partial charge in [-0.15, -0.1) is 0 Å². The summed E-state index contributed by atoms with van der Waals surface area (Å²) in [7, 11) is 0. The molecule has 1 aromatic carbocycles. The van der Waals surface area contributed by atoms with Crippen LogP contribution in [0.1, 0.15) is 46.5 Å². The minimum absolute atomic E-state index is 0.132. The fourth-order valence-electron chi connectivity index (χ4n) is 5.39. The van der Waals surface area contributed by atoms with Crippen molar-refractivity contribution in [3.63, 3.8) is 0 Å². The minimum Gasteiger partial charge on any atom is -0.360 e. The molecule has 0 radical (unpaired) electrons. The normalized spacial score (nSPS) is 43.8. The van der Waals surface area contributed by atoms with Gasteiger partial charge >= 0.3 is 0 Å². The lowest BCUT2D eigenvalue weighted by molar-refractivity contribution is -0.271. The maximum Gasteiger partial charge on any atom is 0.163 e. The van der Waals surface area contributed by atoms with Crippen molar-refractivity contribution in [1.29, 1.82) is 0 Å². The molecule has 25 heavy (non-hydrogen) atoms. The van der Waals surface area contributed by atoms with Crippen LogP contribution < -0.4 is 5.32 Å². The molecule has 2 saturated heterocycles. The Morgan fingerprint density at radius 3 is 2.60 bits per heavy atom. The molecule has 1 saturated carbocycles. The van der Waals surface area contributed by atoms with Gasteiger partial charge in [0.2, 0.25) is 0 Å². The third-order valence-corrected chi connectivity index (χ3v) is 6.83. The maximum absolute atomic E-state index is 13.5. The van der Waals surface area contributed by atoms with E-state index < -0.39 is 0 Å². The van der Waals surface area contributed by atoms with Crippen molar-refractivity contribution < 1.29 is 13.9 Å². The summed E-state index contributed by atoms with van der Waals surface area (Å²) >= 11 is 0. The molecule has 2 heterocycles. The van der Waals surface area contributed by atoms with Gasteiger partial charge in [-0.25, -0.2) is 4.39 Å². The molecule has 4 heteroatoms. The van der Waals surface area contributed by atoms with Crippen LogP contribution in [0.4, 0.5) is 10.1 Å². The minimum atomic E-state index is -0.225. The number of rotatable bonds is 2. The van der Waals surface area contributed by atoms with Gasteiger partial charge in [-0.05, 0) is 62.1 Å². The predicted octanol–water partition coefficient (Wildman–Crippen LogP) is 5.03. The predicted molar refractivity (Wildman–Crippen MR) is 96.5 cm³/mol. The van der Waals surface area contributed by atoms with Gasteiger partial charge in [0.15, 0.2) is 6.29 Å². The second kappa shape index (κ2) is 6.88. The first-order valence-corrected chi connectivity index (χ1v) is 9.86. The average Bonchev–Trinajstić information content (AvgIpc) is 2.74. The summed E-state index contributed by atoms with van der Waals surface area (Å²) in [5.41, 5.74) is 0.776. The van der Waals surface area contributed by atoms with Gasteiger partial charge in [-0.2, -0.15) is 0 Å². The number of ether oxygens (including phenoxy) is 2. The van der Waals surface area contributed by atoms with E-state index in [2.05, 4.69) is 26.1 Å². The van der Waals surface area contributed by atoms with E-state index >= 15 is 0 Å². The summed E-state index contributed by atoms with van der Waals surface area (Å²) in [6, 6.07) is 6.63. The lowest BCUT2D eigenvalue weighted by Crippen LogP contribution is -2.55. The van der Waals surface area contributed by atoms with Crippen LogP contribution in [-0.2, 0) is 9.47 Å². The molecule has 8 atom stereocenters. The molecule has 1 N–H and O–H groups in total. The Hall–Kier alpha value is -1.13. The first kappa shape index (κ1) is 17.3. The Labute approximate surface area is 150 Å². The highest BCUT2D eigenvalue weighted by molar-refractivity contribution is 5.43. The molecular weight excluding hydrogens is 317 g/mol. The van der Waals surface area contributed by atoms with Crippen LogP contribution in [0.25, 0.3) is 0 Å². The van der Waals surface area contributed by atoms with Gasteiger partial charge in [0.25, 0.3) is 0 Å². The summed E-state index contributed by atoms with van der Waals surface area (Å²) in [5, 5.41) is 3.41. The van der Waals surface area contributed by atoms with Crippen LogP contribution in [0.5, 0.6) is 0 Å². The topological polar surface area (TPSA) is 30.5 Å². The van der Waals surface area contributed by atoms with Crippen molar-refractivity contribution in [3.8, 4) is 0 Å². The summed E-state index contributed by atoms with van der Waals surface area (Å²) < 4.78 is 26.3. The molecule has 0 aromatic heterocycles. The molecule has 3 fully saturated rings. The van der Waals surface area contributed by atoms with E-state index in [0.29, 0.717) is 23.7 Å². The molecule has 3 aliphatic rings. The van der Waals surface area contributed by atoms with E-state index in [0.717, 1.165) is 18.0 Å². The smallest absolute Gasteiger partial charge is 0.163 e. The van der Waals surface area contributed by atoms with Gasteiger partial charge in [-0.1, -0.05) is 26.3 Å². The Morgan fingerprint density at radius 2 is 1.80 bits per heavy atom. The summed E-state index contributed by atoms with van der Waals surface area (Å²) in [4.78, 5) is 0. The van der Waals surface area contributed by atoms with Gasteiger partial charge in [-0.3, -0.25) is 0 Å². The third-order valence-electron chi connectivity index (χ3n) is 6.83. The third kappa shape index (κ3) is 3.31. The molecule has 1 aliphatic carbocycles. The highest BCUT2D eigenvalue weighted by Crippen LogP contribution is 2.52. The fraction of sp³-hybridized carbons (Fsp3) is 0.714. The van der Waals surface area contributed by atoms with E-state index in [1.165, 1.54) is 31.4 Å². The van der Waals surface area contributed by atoms with Gasteiger partial charge in [0, 0.05) is 17.5 Å². The molecule has 0 spiro atoms. The molecule has 0 bridgehead atoms. The zero-order valence-electron chi connectivity index (χ0n) is 15.5. The standard InChI is InChI=1S/C21H30FNO2/c1-12-7-9-18-14(3)20(23-16-6-4-5-15(22)11-16)25-21-19(18)17(12)10-8-13(2)24-21/h4-6,11-14,17-21,23H,7-10H2,1-3H3/t12-,13?,14-,17+,18+,19?,20+,21+/m1/s1. The highest BCUT2D eigenvalue weighted by atomic mass is 19.1. The van der Waals surface area contributed by atoms with Crippen molar-refractivity contribution in [2.75, 3.05) is 5.32 Å². The molecule has 4 rings (SSSR count). The summed E-state index contributed by atoms with van der Waals surface area (Å²) in [6.45, 7) is 6.84. The molecule has 138 valence electrons. The van der Waals surface area contributed by atoms with Crippen LogP contribution in [0.3, 0.4) is 0 Å². The van der Waals surface area contributed by atoms with Crippen LogP contribution in [0.15, 0.2) is 24.3 Å². The molecule has 2 aliphatic heterocycles. The van der Waals surface area contributed by atoms with E-state index in [1.807, 2.05) is 6.07 Å². The number of anilines is 1. The quantitative estimate of drug-likeness (QED) is 0.813. The summed E-state index contributed by atoms with van der Waals surface area (Å²) in [5.74, 6) is 2.71. The monoisotopic (exact) mass is 347 g/mol. The molecule has 0 amide bonds. The Balaban J connectivity index is 1.58. The number of nitrogens with one attached hydrogen (secondary N) is 1. The SMILES string of the molecule is CC1CC[C@@H]2C3[C@@H](O1)O[C@H](Nc1cccc(F)c1)[C@H](C)[C@@H]3CC[C@H]2C. The van der Waals surface area contributed by atoms with Crippen molar-refractivity contribution in [1.82, 2.24) is 0 Å². The number of benzene rings is 1. The molecular formula is C21H30FNO2. The largest absolute Gasteiger partial charge is 0.360 e. The van der Waals surface area contributed by atoms with E-state index in [4.69, 9.17) is 9.47 Å². The van der Waals surface area contributed by atoms with Crippen LogP contribution in [-0.4, -0.2) is 18.6 Å². The Morgan fingerprint density at radius 1 is 1.00 bits per heavy atom. The average molecular weight is 347 g/mol. The van der Waals surface area contributed by atoms with Gasteiger partial charge in [0.05, 0.1) is 6.10 Å². The van der Waals surface area contributed by atoms with E-state index in [-0.39, 0.29) is 24.4 Å². The Kier molecular flexibility index (Phi) is 4.76. The zero-order chi connectivity index (χ0) is 17.6. The van der Waals surface area contributed by atoms with Crippen LogP contribution in [0.2, 0.25) is 0 Å². The molecule has 2 unspecified atom stereocenters. The second-order valence-electron chi connectivity index (χ2n) is 8.42. The molecule has 3 nitrogen and oxygen atoms in total. The second-order valence-corrected chi connectivity index (χ2v) is 8.42. The fourth-order valence-corrected chi connectivity index (χ4v) is 5.39. The van der Waals surface area contributed by atoms with E-state index in [9.17, 15) is 4.39 Å². The van der Waals surface area contributed by atoms with Gasteiger partial charge in [0.1, 0.15) is 12.0 Å². The first-order chi connectivity index (χ1) is 12.0. The molecule has 1 aromatic rings.